The van der Waals surface area contributed by atoms with Gasteiger partial charge in [0, 0.05) is 27.2 Å². The van der Waals surface area contributed by atoms with Crippen LogP contribution in [0, 0.1) is 5.92 Å². The molecule has 0 aromatic heterocycles. The van der Waals surface area contributed by atoms with Gasteiger partial charge in [0.2, 0.25) is 5.91 Å². The molecule has 1 unspecified atom stereocenters. The van der Waals surface area contributed by atoms with E-state index in [0.717, 1.165) is 19.0 Å². The van der Waals surface area contributed by atoms with E-state index >= 15 is 0 Å². The Hall–Kier alpha value is -1.31. The Labute approximate surface area is 162 Å². The Morgan fingerprint density at radius 3 is 2.67 bits per heavy atom. The second-order valence-corrected chi connectivity index (χ2v) is 6.46. The molecule has 5 nitrogen and oxygen atoms in total. The zero-order valence-electron chi connectivity index (χ0n) is 14.9. The van der Waals surface area contributed by atoms with E-state index in [1.54, 1.807) is 19.0 Å². The van der Waals surface area contributed by atoms with Gasteiger partial charge in [-0.15, -0.1) is 24.0 Å². The molecule has 1 aliphatic heterocycles. The predicted molar refractivity (Wildman–Crippen MR) is 110 cm³/mol. The molecular weight excluding hydrogens is 415 g/mol. The van der Waals surface area contributed by atoms with Crippen molar-refractivity contribution >= 4 is 35.8 Å². The molecule has 24 heavy (non-hydrogen) atoms. The minimum atomic E-state index is 0. The molecule has 1 aromatic carbocycles. The van der Waals surface area contributed by atoms with Gasteiger partial charge in [-0.1, -0.05) is 37.3 Å². The lowest BCUT2D eigenvalue weighted by Crippen LogP contribution is -2.48. The molecule has 0 saturated carbocycles. The van der Waals surface area contributed by atoms with Gasteiger partial charge in [-0.05, 0) is 24.3 Å². The molecule has 6 heteroatoms. The van der Waals surface area contributed by atoms with Crippen LogP contribution in [0.25, 0.3) is 0 Å². The molecule has 0 radical (unpaired) electrons. The molecule has 1 aliphatic rings. The van der Waals surface area contributed by atoms with Crippen molar-refractivity contribution in [1.29, 1.82) is 0 Å². The Morgan fingerprint density at radius 1 is 1.33 bits per heavy atom. The molecule has 1 atom stereocenters. The maximum absolute atomic E-state index is 11.9. The van der Waals surface area contributed by atoms with Crippen LogP contribution in [0.2, 0.25) is 0 Å². The summed E-state index contributed by atoms with van der Waals surface area (Å²) in [6.45, 7) is 5.18. The standard InChI is InChI=1S/C18H28N4O.HI/c1-15-8-7-11-22(14-15)18(20-13-17(23)21(2)3)19-12-16-9-5-4-6-10-16;/h4-6,9-10,15H,7-8,11-14H2,1-3H3,(H,19,20);1H. The average molecular weight is 444 g/mol. The number of hydrogen-bond donors (Lipinski definition) is 1. The van der Waals surface area contributed by atoms with Crippen LogP contribution in [0.5, 0.6) is 0 Å². The van der Waals surface area contributed by atoms with Gasteiger partial charge < -0.3 is 15.1 Å². The molecule has 2 rings (SSSR count). The fraction of sp³-hybridized carbons (Fsp3) is 0.556. The van der Waals surface area contributed by atoms with Gasteiger partial charge in [0.1, 0.15) is 0 Å². The molecule has 1 heterocycles. The van der Waals surface area contributed by atoms with Gasteiger partial charge in [-0.3, -0.25) is 4.79 Å². The van der Waals surface area contributed by atoms with E-state index in [1.165, 1.54) is 18.4 Å². The number of amides is 1. The number of guanidine groups is 1. The average Bonchev–Trinajstić information content (AvgIpc) is 2.55. The number of benzene rings is 1. The molecule has 1 fully saturated rings. The molecule has 1 N–H and O–H groups in total. The summed E-state index contributed by atoms with van der Waals surface area (Å²) < 4.78 is 0. The number of rotatable bonds is 4. The summed E-state index contributed by atoms with van der Waals surface area (Å²) in [5.41, 5.74) is 1.18. The highest BCUT2D eigenvalue weighted by atomic mass is 127. The van der Waals surface area contributed by atoms with Crippen LogP contribution in [0.3, 0.4) is 0 Å². The predicted octanol–water partition coefficient (Wildman–Crippen LogP) is 2.57. The molecule has 0 spiro atoms. The second kappa shape index (κ2) is 10.5. The van der Waals surface area contributed by atoms with Crippen molar-refractivity contribution in [2.75, 3.05) is 33.7 Å². The van der Waals surface area contributed by atoms with Crippen LogP contribution in [-0.2, 0) is 11.3 Å². The second-order valence-electron chi connectivity index (χ2n) is 6.46. The van der Waals surface area contributed by atoms with Crippen LogP contribution in [0.15, 0.2) is 35.3 Å². The number of aliphatic imine (C=N–C) groups is 1. The third-order valence-electron chi connectivity index (χ3n) is 4.11. The first kappa shape index (κ1) is 20.7. The van der Waals surface area contributed by atoms with Crippen molar-refractivity contribution in [2.45, 2.75) is 26.3 Å². The number of hydrogen-bond acceptors (Lipinski definition) is 2. The summed E-state index contributed by atoms with van der Waals surface area (Å²) >= 11 is 0. The third-order valence-corrected chi connectivity index (χ3v) is 4.11. The Kier molecular flexibility index (Phi) is 9.10. The third kappa shape index (κ3) is 6.67. The number of carbonyl (C=O) groups is 1. The molecule has 1 amide bonds. The lowest BCUT2D eigenvalue weighted by Gasteiger charge is -2.33. The summed E-state index contributed by atoms with van der Waals surface area (Å²) in [5, 5.41) is 3.25. The molecular formula is C18H29IN4O. The van der Waals surface area contributed by atoms with Gasteiger partial charge in [0.15, 0.2) is 5.96 Å². The Morgan fingerprint density at radius 2 is 2.04 bits per heavy atom. The van der Waals surface area contributed by atoms with E-state index in [0.29, 0.717) is 12.5 Å². The Balaban J connectivity index is 0.00000288. The fourth-order valence-corrected chi connectivity index (χ4v) is 2.71. The minimum Gasteiger partial charge on any atom is -0.347 e. The van der Waals surface area contributed by atoms with Gasteiger partial charge in [-0.2, -0.15) is 0 Å². The zero-order valence-corrected chi connectivity index (χ0v) is 17.2. The van der Waals surface area contributed by atoms with E-state index in [1.807, 2.05) is 18.2 Å². The van der Waals surface area contributed by atoms with Crippen LogP contribution in [0.4, 0.5) is 0 Å². The number of halogens is 1. The monoisotopic (exact) mass is 444 g/mol. The first-order chi connectivity index (χ1) is 11.1. The van der Waals surface area contributed by atoms with Crippen LogP contribution in [0.1, 0.15) is 25.3 Å². The molecule has 1 aromatic rings. The molecule has 134 valence electrons. The molecule has 0 bridgehead atoms. The first-order valence-corrected chi connectivity index (χ1v) is 8.33. The fourth-order valence-electron chi connectivity index (χ4n) is 2.71. The van der Waals surface area contributed by atoms with Crippen LogP contribution >= 0.6 is 24.0 Å². The van der Waals surface area contributed by atoms with E-state index in [-0.39, 0.29) is 36.4 Å². The quantitative estimate of drug-likeness (QED) is 0.441. The number of piperidine rings is 1. The van der Waals surface area contributed by atoms with Crippen molar-refractivity contribution in [3.8, 4) is 0 Å². The van der Waals surface area contributed by atoms with Crippen molar-refractivity contribution in [3.63, 3.8) is 0 Å². The maximum Gasteiger partial charge on any atom is 0.241 e. The van der Waals surface area contributed by atoms with Gasteiger partial charge >= 0.3 is 0 Å². The summed E-state index contributed by atoms with van der Waals surface area (Å²) in [7, 11) is 3.54. The normalized spacial score (nSPS) is 17.9. The zero-order chi connectivity index (χ0) is 16.7. The van der Waals surface area contributed by atoms with Crippen molar-refractivity contribution in [3.05, 3.63) is 35.9 Å². The van der Waals surface area contributed by atoms with E-state index in [2.05, 4.69) is 29.3 Å². The highest BCUT2D eigenvalue weighted by Gasteiger charge is 2.20. The lowest BCUT2D eigenvalue weighted by molar-refractivity contribution is -0.127. The van der Waals surface area contributed by atoms with Gasteiger partial charge in [0.25, 0.3) is 0 Å². The van der Waals surface area contributed by atoms with Crippen LogP contribution < -0.4 is 5.32 Å². The SMILES string of the molecule is CC1CCCN(C(=NCc2ccccc2)NCC(=O)N(C)C)C1.I. The van der Waals surface area contributed by atoms with Gasteiger partial charge in [-0.25, -0.2) is 4.99 Å². The highest BCUT2D eigenvalue weighted by molar-refractivity contribution is 14.0. The molecule has 0 aliphatic carbocycles. The topological polar surface area (TPSA) is 47.9 Å². The number of nitrogens with zero attached hydrogens (tertiary/aromatic N) is 3. The minimum absolute atomic E-state index is 0. The van der Waals surface area contributed by atoms with E-state index in [9.17, 15) is 4.79 Å². The number of nitrogens with one attached hydrogen (secondary N) is 1. The number of carbonyl (C=O) groups excluding carboxylic acids is 1. The van der Waals surface area contributed by atoms with Crippen molar-refractivity contribution < 1.29 is 4.79 Å². The molecule has 1 saturated heterocycles. The summed E-state index contributed by atoms with van der Waals surface area (Å²) in [4.78, 5) is 20.5. The summed E-state index contributed by atoms with van der Waals surface area (Å²) in [5.74, 6) is 1.56. The summed E-state index contributed by atoms with van der Waals surface area (Å²) in [6.07, 6.45) is 2.44. The lowest BCUT2D eigenvalue weighted by atomic mass is 10.0. The van der Waals surface area contributed by atoms with Gasteiger partial charge in [0.05, 0.1) is 13.1 Å². The first-order valence-electron chi connectivity index (χ1n) is 8.33. The number of likely N-dealkylation sites (N-methyl/N-ethyl adjacent to an activating group) is 1. The van der Waals surface area contributed by atoms with Crippen molar-refractivity contribution in [2.24, 2.45) is 10.9 Å². The maximum atomic E-state index is 11.9. The van der Waals surface area contributed by atoms with Crippen molar-refractivity contribution in [1.82, 2.24) is 15.1 Å². The van der Waals surface area contributed by atoms with E-state index < -0.39 is 0 Å². The van der Waals surface area contributed by atoms with Crippen LogP contribution in [-0.4, -0.2) is 55.4 Å². The smallest absolute Gasteiger partial charge is 0.241 e. The largest absolute Gasteiger partial charge is 0.347 e. The summed E-state index contributed by atoms with van der Waals surface area (Å²) in [6, 6.07) is 10.2. The highest BCUT2D eigenvalue weighted by Crippen LogP contribution is 2.15. The number of likely N-dealkylation sites (tertiary alicyclic amines) is 1. The Bertz CT molecular complexity index is 533. The van der Waals surface area contributed by atoms with E-state index in [4.69, 9.17) is 4.99 Å².